The second-order valence-electron chi connectivity index (χ2n) is 4.91. The highest BCUT2D eigenvalue weighted by molar-refractivity contribution is 5.73. The fourth-order valence-corrected chi connectivity index (χ4v) is 2.53. The molecule has 0 heterocycles. The highest BCUT2D eigenvalue weighted by Crippen LogP contribution is 2.50. The van der Waals surface area contributed by atoms with E-state index >= 15 is 0 Å². The molecule has 1 fully saturated rings. The summed E-state index contributed by atoms with van der Waals surface area (Å²) < 4.78 is 4.68. The summed E-state index contributed by atoms with van der Waals surface area (Å²) in [4.78, 5) is 11.4. The fourth-order valence-electron chi connectivity index (χ4n) is 2.53. The van der Waals surface area contributed by atoms with E-state index in [1.165, 1.54) is 7.11 Å². The molecule has 14 heavy (non-hydrogen) atoms. The van der Waals surface area contributed by atoms with E-state index in [-0.39, 0.29) is 11.4 Å². The minimum absolute atomic E-state index is 0.194. The van der Waals surface area contributed by atoms with Gasteiger partial charge in [-0.1, -0.05) is 13.8 Å². The molecule has 2 unspecified atom stereocenters. The highest BCUT2D eigenvalue weighted by atomic mass is 16.5. The summed E-state index contributed by atoms with van der Waals surface area (Å²) in [7, 11) is 1.37. The van der Waals surface area contributed by atoms with Crippen LogP contribution in [-0.2, 0) is 9.53 Å². The van der Waals surface area contributed by atoms with Crippen LogP contribution in [0.5, 0.6) is 0 Å². The van der Waals surface area contributed by atoms with E-state index in [1.807, 2.05) is 13.8 Å². The van der Waals surface area contributed by atoms with Crippen molar-refractivity contribution in [2.75, 3.05) is 7.11 Å². The number of methoxy groups -OCH3 is 1. The molecule has 1 aliphatic carbocycles. The molecule has 0 radical (unpaired) electrons. The predicted octanol–water partition coefficient (Wildman–Crippen LogP) is 1.74. The second-order valence-corrected chi connectivity index (χ2v) is 4.91. The maximum Gasteiger partial charge on any atom is 0.311 e. The zero-order valence-electron chi connectivity index (χ0n) is 9.46. The SMILES string of the molecule is COC(=O)C(C)C1(O)CCCC1(C)C. The van der Waals surface area contributed by atoms with Crippen LogP contribution >= 0.6 is 0 Å². The largest absolute Gasteiger partial charge is 0.469 e. The first-order valence-corrected chi connectivity index (χ1v) is 5.15. The lowest BCUT2D eigenvalue weighted by molar-refractivity contribution is -0.162. The van der Waals surface area contributed by atoms with E-state index in [2.05, 4.69) is 4.74 Å². The van der Waals surface area contributed by atoms with Gasteiger partial charge in [-0.3, -0.25) is 4.79 Å². The Morgan fingerprint density at radius 1 is 1.43 bits per heavy atom. The Morgan fingerprint density at radius 2 is 2.00 bits per heavy atom. The molecule has 0 aromatic rings. The van der Waals surface area contributed by atoms with Crippen LogP contribution in [0.3, 0.4) is 0 Å². The van der Waals surface area contributed by atoms with E-state index in [4.69, 9.17) is 0 Å². The summed E-state index contributed by atoms with van der Waals surface area (Å²) in [6, 6.07) is 0. The van der Waals surface area contributed by atoms with E-state index in [1.54, 1.807) is 6.92 Å². The van der Waals surface area contributed by atoms with Gasteiger partial charge in [-0.2, -0.15) is 0 Å². The van der Waals surface area contributed by atoms with Crippen molar-refractivity contribution in [2.45, 2.75) is 45.6 Å². The minimum atomic E-state index is -0.903. The first-order chi connectivity index (χ1) is 6.35. The van der Waals surface area contributed by atoms with Crippen LogP contribution in [-0.4, -0.2) is 23.8 Å². The van der Waals surface area contributed by atoms with Gasteiger partial charge in [-0.25, -0.2) is 0 Å². The number of rotatable bonds is 2. The van der Waals surface area contributed by atoms with Gasteiger partial charge in [0.15, 0.2) is 0 Å². The molecule has 3 heteroatoms. The van der Waals surface area contributed by atoms with Gasteiger partial charge in [0.1, 0.15) is 0 Å². The smallest absolute Gasteiger partial charge is 0.311 e. The molecule has 82 valence electrons. The highest BCUT2D eigenvalue weighted by Gasteiger charge is 2.53. The molecule has 3 nitrogen and oxygen atoms in total. The Hall–Kier alpha value is -0.570. The van der Waals surface area contributed by atoms with Crippen LogP contribution in [0.1, 0.15) is 40.0 Å². The standard InChI is InChI=1S/C11H20O3/c1-8(9(12)14-4)11(13)7-5-6-10(11,2)3/h8,13H,5-7H2,1-4H3. The zero-order valence-corrected chi connectivity index (χ0v) is 9.46. The fraction of sp³-hybridized carbons (Fsp3) is 0.909. The van der Waals surface area contributed by atoms with Crippen LogP contribution in [0.25, 0.3) is 0 Å². The van der Waals surface area contributed by atoms with Crippen LogP contribution in [0, 0.1) is 11.3 Å². The normalized spacial score (nSPS) is 32.6. The van der Waals surface area contributed by atoms with Gasteiger partial charge < -0.3 is 9.84 Å². The molecule has 1 rings (SSSR count). The lowest BCUT2D eigenvalue weighted by Crippen LogP contribution is -2.48. The van der Waals surface area contributed by atoms with Crippen molar-refractivity contribution in [3.8, 4) is 0 Å². The van der Waals surface area contributed by atoms with E-state index in [9.17, 15) is 9.90 Å². The van der Waals surface area contributed by atoms with Crippen LogP contribution in [0.15, 0.2) is 0 Å². The molecule has 0 spiro atoms. The van der Waals surface area contributed by atoms with Crippen LogP contribution < -0.4 is 0 Å². The molecule has 0 bridgehead atoms. The molecule has 1 N–H and O–H groups in total. The third-order valence-corrected chi connectivity index (χ3v) is 3.80. The molecule has 0 aromatic carbocycles. The van der Waals surface area contributed by atoms with Crippen molar-refractivity contribution in [3.63, 3.8) is 0 Å². The van der Waals surface area contributed by atoms with E-state index in [0.717, 1.165) is 12.8 Å². The van der Waals surface area contributed by atoms with E-state index < -0.39 is 11.5 Å². The van der Waals surface area contributed by atoms with Crippen molar-refractivity contribution in [3.05, 3.63) is 0 Å². The summed E-state index contributed by atoms with van der Waals surface area (Å²) in [6.07, 6.45) is 2.63. The monoisotopic (exact) mass is 200 g/mol. The number of hydrogen-bond donors (Lipinski definition) is 1. The Labute approximate surface area is 85.5 Å². The number of carbonyl (C=O) groups is 1. The molecular weight excluding hydrogens is 180 g/mol. The third kappa shape index (κ3) is 1.54. The van der Waals surface area contributed by atoms with Crippen LogP contribution in [0.2, 0.25) is 0 Å². The van der Waals surface area contributed by atoms with Gasteiger partial charge in [0.2, 0.25) is 0 Å². The van der Waals surface area contributed by atoms with Gasteiger partial charge in [0, 0.05) is 0 Å². The average Bonchev–Trinajstić information content (AvgIpc) is 2.40. The molecule has 1 aliphatic rings. The number of hydrogen-bond acceptors (Lipinski definition) is 3. The third-order valence-electron chi connectivity index (χ3n) is 3.80. The van der Waals surface area contributed by atoms with Crippen molar-refractivity contribution in [1.29, 1.82) is 0 Å². The molecular formula is C11H20O3. The zero-order chi connectivity index (χ0) is 11.0. The lowest BCUT2D eigenvalue weighted by Gasteiger charge is -2.40. The second kappa shape index (κ2) is 3.54. The summed E-state index contributed by atoms with van der Waals surface area (Å²) in [5.74, 6) is -0.757. The number of ether oxygens (including phenoxy) is 1. The van der Waals surface area contributed by atoms with Gasteiger partial charge >= 0.3 is 5.97 Å². The van der Waals surface area contributed by atoms with Crippen molar-refractivity contribution in [1.82, 2.24) is 0 Å². The van der Waals surface area contributed by atoms with Gasteiger partial charge in [0.05, 0.1) is 18.6 Å². The number of aliphatic hydroxyl groups is 1. The molecule has 1 saturated carbocycles. The van der Waals surface area contributed by atoms with E-state index in [0.29, 0.717) is 6.42 Å². The van der Waals surface area contributed by atoms with Crippen molar-refractivity contribution < 1.29 is 14.6 Å². The molecule has 0 aliphatic heterocycles. The topological polar surface area (TPSA) is 46.5 Å². The Kier molecular flexibility index (Phi) is 2.91. The maximum atomic E-state index is 11.4. The van der Waals surface area contributed by atoms with Crippen molar-refractivity contribution >= 4 is 5.97 Å². The summed E-state index contributed by atoms with van der Waals surface area (Å²) >= 11 is 0. The minimum Gasteiger partial charge on any atom is -0.469 e. The molecule has 0 aromatic heterocycles. The predicted molar refractivity (Wildman–Crippen MR) is 53.8 cm³/mol. The Bertz CT molecular complexity index is 235. The van der Waals surface area contributed by atoms with Crippen molar-refractivity contribution in [2.24, 2.45) is 11.3 Å². The quantitative estimate of drug-likeness (QED) is 0.691. The first-order valence-electron chi connectivity index (χ1n) is 5.15. The van der Waals surface area contributed by atoms with Crippen LogP contribution in [0.4, 0.5) is 0 Å². The molecule has 0 amide bonds. The molecule has 0 saturated heterocycles. The summed E-state index contributed by atoms with van der Waals surface area (Å²) in [6.45, 7) is 5.78. The van der Waals surface area contributed by atoms with Gasteiger partial charge in [-0.15, -0.1) is 0 Å². The molecule has 2 atom stereocenters. The number of carbonyl (C=O) groups excluding carboxylic acids is 1. The average molecular weight is 200 g/mol. The summed E-state index contributed by atoms with van der Waals surface area (Å²) in [5.41, 5.74) is -1.10. The first kappa shape index (κ1) is 11.5. The summed E-state index contributed by atoms with van der Waals surface area (Å²) in [5, 5.41) is 10.5. The maximum absolute atomic E-state index is 11.4. The van der Waals surface area contributed by atoms with Gasteiger partial charge in [-0.05, 0) is 31.6 Å². The number of esters is 1. The van der Waals surface area contributed by atoms with Gasteiger partial charge in [0.25, 0.3) is 0 Å². The Morgan fingerprint density at radius 3 is 2.36 bits per heavy atom. The lowest BCUT2D eigenvalue weighted by atomic mass is 9.71. The Balaban J connectivity index is 2.89.